The summed E-state index contributed by atoms with van der Waals surface area (Å²) in [6, 6.07) is 0. The van der Waals surface area contributed by atoms with Crippen molar-refractivity contribution in [2.24, 2.45) is 11.8 Å². The van der Waals surface area contributed by atoms with E-state index in [2.05, 4.69) is 5.32 Å². The number of allylic oxidation sites excluding steroid dienone is 2. The number of hydrogen-bond donors (Lipinski definition) is 3. The van der Waals surface area contributed by atoms with Crippen LogP contribution in [0.1, 0.15) is 52.1 Å². The molecule has 0 aromatic heterocycles. The minimum Gasteiger partial charge on any atom is -0.507 e. The molecule has 25 heavy (non-hydrogen) atoms. The molecule has 0 spiro atoms. The Morgan fingerprint density at radius 2 is 1.68 bits per heavy atom. The van der Waals surface area contributed by atoms with E-state index in [4.69, 9.17) is 0 Å². The minimum absolute atomic E-state index is 0.0988. The van der Waals surface area contributed by atoms with Crippen LogP contribution < -0.4 is 5.32 Å². The highest BCUT2D eigenvalue weighted by Gasteiger charge is 2.35. The maximum absolute atomic E-state index is 12.3. The van der Waals surface area contributed by atoms with Crippen LogP contribution in [0.25, 0.3) is 0 Å². The molecule has 0 aliphatic heterocycles. The van der Waals surface area contributed by atoms with Crippen LogP contribution in [0.2, 0.25) is 0 Å². The zero-order chi connectivity index (χ0) is 18.3. The molecule has 1 aromatic carbocycles. The summed E-state index contributed by atoms with van der Waals surface area (Å²) in [4.78, 5) is 36.5. The number of rotatable bonds is 3. The summed E-state index contributed by atoms with van der Waals surface area (Å²) in [5.41, 5.74) is 0.558. The fourth-order valence-corrected chi connectivity index (χ4v) is 3.45. The lowest BCUT2D eigenvalue weighted by atomic mass is 9.78. The van der Waals surface area contributed by atoms with E-state index < -0.39 is 11.6 Å². The first kappa shape index (κ1) is 17.2. The van der Waals surface area contributed by atoms with E-state index in [1.54, 1.807) is 0 Å². The Hall–Kier alpha value is -2.63. The average Bonchev–Trinajstić information content (AvgIpc) is 2.59. The molecule has 3 N–H and O–H groups in total. The zero-order valence-corrected chi connectivity index (χ0v) is 14.3. The Balaban J connectivity index is 1.97. The van der Waals surface area contributed by atoms with Gasteiger partial charge in [-0.05, 0) is 37.3 Å². The average molecular weight is 343 g/mol. The van der Waals surface area contributed by atoms with Gasteiger partial charge in [-0.1, -0.05) is 13.8 Å². The van der Waals surface area contributed by atoms with Crippen LogP contribution in [0, 0.1) is 11.8 Å². The number of phenolic OH excluding ortho intramolecular Hbond substituents is 2. The molecule has 2 aliphatic carbocycles. The summed E-state index contributed by atoms with van der Waals surface area (Å²) in [6.45, 7) is 4.58. The first-order valence-corrected chi connectivity index (χ1v) is 8.45. The molecule has 0 heterocycles. The predicted octanol–water partition coefficient (Wildman–Crippen LogP) is 1.91. The third kappa shape index (κ3) is 2.92. The Morgan fingerprint density at radius 1 is 1.12 bits per heavy atom. The Labute approximate surface area is 145 Å². The molecule has 1 unspecified atom stereocenters. The van der Waals surface area contributed by atoms with Gasteiger partial charge in [-0.2, -0.15) is 0 Å². The molecule has 0 saturated heterocycles. The fourth-order valence-electron chi connectivity index (χ4n) is 3.45. The van der Waals surface area contributed by atoms with Crippen molar-refractivity contribution in [2.75, 3.05) is 6.54 Å². The monoisotopic (exact) mass is 343 g/mol. The number of carbonyl (C=O) groups is 3. The Morgan fingerprint density at radius 3 is 2.24 bits per heavy atom. The van der Waals surface area contributed by atoms with Crippen LogP contribution in [0.5, 0.6) is 11.5 Å². The van der Waals surface area contributed by atoms with Gasteiger partial charge >= 0.3 is 0 Å². The van der Waals surface area contributed by atoms with E-state index in [0.29, 0.717) is 36.4 Å². The number of nitrogens with one attached hydrogen (secondary N) is 1. The van der Waals surface area contributed by atoms with E-state index in [0.717, 1.165) is 12.2 Å². The number of benzene rings is 1. The largest absolute Gasteiger partial charge is 0.507 e. The summed E-state index contributed by atoms with van der Waals surface area (Å²) in [6.07, 6.45) is 3.30. The topological polar surface area (TPSA) is 104 Å². The van der Waals surface area contributed by atoms with Crippen molar-refractivity contribution in [1.82, 2.24) is 5.32 Å². The fraction of sp³-hybridized carbons (Fsp3) is 0.421. The highest BCUT2D eigenvalue weighted by molar-refractivity contribution is 6.24. The second-order valence-electron chi connectivity index (χ2n) is 7.04. The smallest absolute Gasteiger partial charge is 0.223 e. The summed E-state index contributed by atoms with van der Waals surface area (Å²) < 4.78 is 0. The lowest BCUT2D eigenvalue weighted by molar-refractivity contribution is -0.125. The molecule has 0 saturated carbocycles. The molecule has 0 radical (unpaired) electrons. The normalized spacial score (nSPS) is 18.9. The summed E-state index contributed by atoms with van der Waals surface area (Å²) in [5, 5.41) is 23.9. The van der Waals surface area contributed by atoms with Crippen molar-refractivity contribution >= 4 is 17.5 Å². The van der Waals surface area contributed by atoms with Gasteiger partial charge in [-0.3, -0.25) is 14.4 Å². The number of ketones is 2. The van der Waals surface area contributed by atoms with Crippen LogP contribution in [-0.4, -0.2) is 34.2 Å². The number of aromatic hydroxyl groups is 2. The molecule has 0 bridgehead atoms. The van der Waals surface area contributed by atoms with Crippen LogP contribution in [0.15, 0.2) is 12.2 Å². The van der Waals surface area contributed by atoms with Gasteiger partial charge in [0.05, 0.1) is 11.1 Å². The molecule has 3 rings (SSSR count). The molecular formula is C19H21NO5. The molecule has 1 aromatic rings. The van der Waals surface area contributed by atoms with Gasteiger partial charge in [-0.15, -0.1) is 0 Å². The SMILES string of the molecule is CC(C)CNC(=O)C1CCc2c(O)c3c(c(O)c2C1)C(=O)C=CC3=O. The predicted molar refractivity (Wildman–Crippen MR) is 90.9 cm³/mol. The van der Waals surface area contributed by atoms with Crippen molar-refractivity contribution in [3.63, 3.8) is 0 Å². The maximum Gasteiger partial charge on any atom is 0.223 e. The number of phenols is 2. The van der Waals surface area contributed by atoms with Crippen molar-refractivity contribution in [3.8, 4) is 11.5 Å². The number of fused-ring (bicyclic) bond motifs is 2. The van der Waals surface area contributed by atoms with E-state index >= 15 is 0 Å². The molecule has 6 heteroatoms. The molecule has 6 nitrogen and oxygen atoms in total. The van der Waals surface area contributed by atoms with Gasteiger partial charge < -0.3 is 15.5 Å². The van der Waals surface area contributed by atoms with Crippen LogP contribution in [-0.2, 0) is 17.6 Å². The molecule has 1 atom stereocenters. The number of hydrogen-bond acceptors (Lipinski definition) is 5. The van der Waals surface area contributed by atoms with Gasteiger partial charge in [0.15, 0.2) is 11.6 Å². The molecule has 2 aliphatic rings. The summed E-state index contributed by atoms with van der Waals surface area (Å²) >= 11 is 0. The lowest BCUT2D eigenvalue weighted by Crippen LogP contribution is -2.36. The van der Waals surface area contributed by atoms with Gasteiger partial charge in [-0.25, -0.2) is 0 Å². The van der Waals surface area contributed by atoms with Crippen LogP contribution in [0.3, 0.4) is 0 Å². The second-order valence-corrected chi connectivity index (χ2v) is 7.04. The van der Waals surface area contributed by atoms with E-state index in [9.17, 15) is 24.6 Å². The van der Waals surface area contributed by atoms with Crippen molar-refractivity contribution < 1.29 is 24.6 Å². The van der Waals surface area contributed by atoms with Crippen molar-refractivity contribution in [1.29, 1.82) is 0 Å². The Bertz CT molecular complexity index is 807. The third-order valence-electron chi connectivity index (χ3n) is 4.79. The van der Waals surface area contributed by atoms with Crippen molar-refractivity contribution in [3.05, 3.63) is 34.4 Å². The third-order valence-corrected chi connectivity index (χ3v) is 4.79. The molecule has 0 fully saturated rings. The van der Waals surface area contributed by atoms with Gasteiger partial charge in [0.25, 0.3) is 0 Å². The molecular weight excluding hydrogens is 322 g/mol. The molecule has 132 valence electrons. The van der Waals surface area contributed by atoms with E-state index in [1.165, 1.54) is 0 Å². The van der Waals surface area contributed by atoms with E-state index in [-0.39, 0.29) is 40.9 Å². The maximum atomic E-state index is 12.3. The summed E-state index contributed by atoms with van der Waals surface area (Å²) in [7, 11) is 0. The molecule has 1 amide bonds. The van der Waals surface area contributed by atoms with Gasteiger partial charge in [0.1, 0.15) is 11.5 Å². The first-order chi connectivity index (χ1) is 11.8. The number of carbonyl (C=O) groups excluding carboxylic acids is 3. The van der Waals surface area contributed by atoms with Gasteiger partial charge in [0.2, 0.25) is 5.91 Å². The minimum atomic E-state index is -0.517. The van der Waals surface area contributed by atoms with Crippen LogP contribution in [0.4, 0.5) is 0 Å². The van der Waals surface area contributed by atoms with Crippen LogP contribution >= 0.6 is 0 Å². The highest BCUT2D eigenvalue weighted by atomic mass is 16.3. The quantitative estimate of drug-likeness (QED) is 0.727. The van der Waals surface area contributed by atoms with Crippen molar-refractivity contribution in [2.45, 2.75) is 33.1 Å². The summed E-state index contributed by atoms with van der Waals surface area (Å²) in [5.74, 6) is -1.64. The van der Waals surface area contributed by atoms with E-state index in [1.807, 2.05) is 13.8 Å². The second kappa shape index (κ2) is 6.35. The zero-order valence-electron chi connectivity index (χ0n) is 14.3. The first-order valence-electron chi connectivity index (χ1n) is 8.45. The highest BCUT2D eigenvalue weighted by Crippen LogP contribution is 2.44. The standard InChI is InChI=1S/C19H21NO5/c1-9(2)8-20-19(25)10-3-4-11-12(7-10)18(24)16-14(22)6-5-13(21)15(16)17(11)23/h5-6,9-10,23-24H,3-4,7-8H2,1-2H3,(H,20,25). The van der Waals surface area contributed by atoms with Gasteiger partial charge in [0, 0.05) is 23.6 Å². The number of amides is 1. The lowest BCUT2D eigenvalue weighted by Gasteiger charge is -2.28. The Kier molecular flexibility index (Phi) is 4.37.